The molecule has 0 bridgehead atoms. The van der Waals surface area contributed by atoms with E-state index in [4.69, 9.17) is 5.73 Å². The average Bonchev–Trinajstić information content (AvgIpc) is 3.06. The molecular weight excluding hydrogens is 302 g/mol. The number of carbonyl (C=O) groups excluding carboxylic acids is 1. The lowest BCUT2D eigenvalue weighted by Gasteiger charge is -2.29. The van der Waals surface area contributed by atoms with Crippen molar-refractivity contribution in [3.8, 4) is 0 Å². The van der Waals surface area contributed by atoms with E-state index in [1.807, 2.05) is 29.2 Å². The Kier molecular flexibility index (Phi) is 3.90. The van der Waals surface area contributed by atoms with Gasteiger partial charge in [-0.25, -0.2) is 4.98 Å². The van der Waals surface area contributed by atoms with Crippen LogP contribution in [0, 0.1) is 0 Å². The number of fused-ring (bicyclic) bond motifs is 1. The highest BCUT2D eigenvalue weighted by molar-refractivity contribution is 6.01. The van der Waals surface area contributed by atoms with Gasteiger partial charge in [0.1, 0.15) is 11.4 Å². The first-order valence-electron chi connectivity index (χ1n) is 8.44. The van der Waals surface area contributed by atoms with Gasteiger partial charge in [0.05, 0.1) is 6.04 Å². The van der Waals surface area contributed by atoms with Gasteiger partial charge in [0, 0.05) is 24.8 Å². The Morgan fingerprint density at radius 3 is 2.92 bits per heavy atom. The molecule has 1 atom stereocenters. The third kappa shape index (κ3) is 2.85. The van der Waals surface area contributed by atoms with Gasteiger partial charge >= 0.3 is 0 Å². The third-order valence-electron chi connectivity index (χ3n) is 4.72. The van der Waals surface area contributed by atoms with Crippen LogP contribution in [-0.2, 0) is 0 Å². The fourth-order valence-corrected chi connectivity index (χ4v) is 3.27. The number of hydrogen-bond donors (Lipinski definition) is 2. The topological polar surface area (TPSA) is 83.6 Å². The predicted octanol–water partition coefficient (Wildman–Crippen LogP) is 1.21. The van der Waals surface area contributed by atoms with Crippen LogP contribution in [0.2, 0.25) is 0 Å². The summed E-state index contributed by atoms with van der Waals surface area (Å²) in [6.07, 6.45) is 8.78. The molecule has 1 fully saturated rings. The number of pyridine rings is 1. The number of carbonyl (C=O) groups is 1. The summed E-state index contributed by atoms with van der Waals surface area (Å²) < 4.78 is 0. The number of aromatic nitrogens is 1. The molecule has 1 aromatic heterocycles. The molecule has 0 spiro atoms. The lowest BCUT2D eigenvalue weighted by Crippen LogP contribution is -2.43. The van der Waals surface area contributed by atoms with Gasteiger partial charge in [0.2, 0.25) is 0 Å². The Bertz CT molecular complexity index is 744. The summed E-state index contributed by atoms with van der Waals surface area (Å²) in [6, 6.07) is 5.87. The minimum absolute atomic E-state index is 0.0272. The van der Waals surface area contributed by atoms with Crippen LogP contribution < -0.4 is 11.1 Å². The van der Waals surface area contributed by atoms with E-state index < -0.39 is 0 Å². The maximum absolute atomic E-state index is 12.7. The first-order chi connectivity index (χ1) is 11.7. The molecule has 6 heteroatoms. The van der Waals surface area contributed by atoms with Crippen molar-refractivity contribution in [1.29, 1.82) is 0 Å². The van der Waals surface area contributed by atoms with E-state index in [0.29, 0.717) is 24.5 Å². The second-order valence-electron chi connectivity index (χ2n) is 6.44. The standard InChI is InChI=1S/C18H21N5O/c19-12-8-10-23(11-9-12)18(24)16-7-3-6-15(20-16)17-21-13-4-1-2-5-14(13)22-17/h1-4,6-7,12,14H,5,8-11,19H2,(H,21,22). The number of allylic oxidation sites excluding steroid dienone is 2. The van der Waals surface area contributed by atoms with Crippen molar-refractivity contribution in [1.82, 2.24) is 15.2 Å². The summed E-state index contributed by atoms with van der Waals surface area (Å²) in [5.41, 5.74) is 8.19. The number of amides is 1. The van der Waals surface area contributed by atoms with E-state index >= 15 is 0 Å². The zero-order valence-electron chi connectivity index (χ0n) is 13.5. The lowest BCUT2D eigenvalue weighted by atomic mass is 10.1. The molecule has 3 aliphatic rings. The summed E-state index contributed by atoms with van der Waals surface area (Å²) >= 11 is 0. The average molecular weight is 323 g/mol. The number of piperidine rings is 1. The highest BCUT2D eigenvalue weighted by Gasteiger charge is 2.26. The Morgan fingerprint density at radius 2 is 2.12 bits per heavy atom. The first kappa shape index (κ1) is 15.1. The van der Waals surface area contributed by atoms with Crippen LogP contribution in [0.5, 0.6) is 0 Å². The van der Waals surface area contributed by atoms with E-state index in [2.05, 4.69) is 21.4 Å². The van der Waals surface area contributed by atoms with Crippen LogP contribution in [0.4, 0.5) is 0 Å². The first-order valence-corrected chi connectivity index (χ1v) is 8.44. The highest BCUT2D eigenvalue weighted by atomic mass is 16.2. The largest absolute Gasteiger partial charge is 0.340 e. The number of nitrogens with one attached hydrogen (secondary N) is 1. The number of nitrogens with two attached hydrogens (primary N) is 1. The van der Waals surface area contributed by atoms with Crippen molar-refractivity contribution >= 4 is 11.7 Å². The fraction of sp³-hybridized carbons (Fsp3) is 0.389. The quantitative estimate of drug-likeness (QED) is 0.857. The summed E-state index contributed by atoms with van der Waals surface area (Å²) in [6.45, 7) is 1.40. The van der Waals surface area contributed by atoms with Crippen molar-refractivity contribution in [3.63, 3.8) is 0 Å². The van der Waals surface area contributed by atoms with E-state index in [9.17, 15) is 4.79 Å². The van der Waals surface area contributed by atoms with Crippen LogP contribution in [-0.4, -0.2) is 46.8 Å². The number of hydrogen-bond acceptors (Lipinski definition) is 5. The molecule has 0 radical (unpaired) electrons. The van der Waals surface area contributed by atoms with Gasteiger partial charge in [-0.2, -0.15) is 0 Å². The molecule has 24 heavy (non-hydrogen) atoms. The van der Waals surface area contributed by atoms with Crippen LogP contribution in [0.15, 0.2) is 47.1 Å². The monoisotopic (exact) mass is 323 g/mol. The van der Waals surface area contributed by atoms with Crippen LogP contribution in [0.3, 0.4) is 0 Å². The minimum atomic E-state index is -0.0272. The molecule has 1 aromatic rings. The van der Waals surface area contributed by atoms with Crippen molar-refractivity contribution in [2.45, 2.75) is 31.3 Å². The minimum Gasteiger partial charge on any atom is -0.340 e. The van der Waals surface area contributed by atoms with Crippen LogP contribution in [0.25, 0.3) is 0 Å². The summed E-state index contributed by atoms with van der Waals surface area (Å²) in [5, 5.41) is 3.32. The van der Waals surface area contributed by atoms with E-state index in [0.717, 1.165) is 30.8 Å². The molecule has 1 aliphatic carbocycles. The molecule has 0 saturated carbocycles. The summed E-state index contributed by atoms with van der Waals surface area (Å²) in [4.78, 5) is 23.7. The predicted molar refractivity (Wildman–Crippen MR) is 92.7 cm³/mol. The zero-order chi connectivity index (χ0) is 16.5. The van der Waals surface area contributed by atoms with Crippen molar-refractivity contribution in [2.24, 2.45) is 10.7 Å². The van der Waals surface area contributed by atoms with Crippen LogP contribution in [0.1, 0.15) is 35.4 Å². The third-order valence-corrected chi connectivity index (χ3v) is 4.72. The molecule has 124 valence electrons. The van der Waals surface area contributed by atoms with Gasteiger partial charge < -0.3 is 16.0 Å². The molecule has 2 aliphatic heterocycles. The fourth-order valence-electron chi connectivity index (χ4n) is 3.27. The number of aliphatic imine (C=N–C) groups is 1. The molecule has 3 heterocycles. The second kappa shape index (κ2) is 6.20. The van der Waals surface area contributed by atoms with E-state index in [1.165, 1.54) is 0 Å². The molecule has 0 aromatic carbocycles. The van der Waals surface area contributed by atoms with Gasteiger partial charge in [0.15, 0.2) is 5.84 Å². The van der Waals surface area contributed by atoms with E-state index in [1.54, 1.807) is 6.07 Å². The van der Waals surface area contributed by atoms with Crippen molar-refractivity contribution in [2.75, 3.05) is 13.1 Å². The smallest absolute Gasteiger partial charge is 0.272 e. The maximum atomic E-state index is 12.7. The lowest BCUT2D eigenvalue weighted by molar-refractivity contribution is 0.0708. The number of nitrogens with zero attached hydrogens (tertiary/aromatic N) is 3. The number of rotatable bonds is 2. The summed E-state index contributed by atoms with van der Waals surface area (Å²) in [5.74, 6) is 0.714. The van der Waals surface area contributed by atoms with Gasteiger partial charge in [-0.15, -0.1) is 0 Å². The highest BCUT2D eigenvalue weighted by Crippen LogP contribution is 2.21. The number of likely N-dealkylation sites (tertiary alicyclic amines) is 1. The Balaban J connectivity index is 1.53. The molecule has 1 saturated heterocycles. The van der Waals surface area contributed by atoms with Crippen molar-refractivity contribution < 1.29 is 4.79 Å². The van der Waals surface area contributed by atoms with Crippen LogP contribution >= 0.6 is 0 Å². The molecule has 6 nitrogen and oxygen atoms in total. The van der Waals surface area contributed by atoms with Gasteiger partial charge in [-0.1, -0.05) is 18.2 Å². The maximum Gasteiger partial charge on any atom is 0.272 e. The molecule has 1 amide bonds. The normalized spacial score (nSPS) is 23.4. The van der Waals surface area contributed by atoms with Gasteiger partial charge in [-0.05, 0) is 37.5 Å². The zero-order valence-corrected chi connectivity index (χ0v) is 13.5. The number of amidine groups is 1. The van der Waals surface area contributed by atoms with Gasteiger partial charge in [0.25, 0.3) is 5.91 Å². The Labute approximate surface area is 141 Å². The molecule has 3 N–H and O–H groups in total. The SMILES string of the molecule is NC1CCN(C(=O)c2cccc(C3=NC4CC=CC=C4N3)n2)CC1. The molecule has 4 rings (SSSR count). The van der Waals surface area contributed by atoms with Gasteiger partial charge in [-0.3, -0.25) is 9.79 Å². The molecule has 1 unspecified atom stereocenters. The molecular formula is C18H21N5O. The second-order valence-corrected chi connectivity index (χ2v) is 6.44. The Hall–Kier alpha value is -2.47. The Morgan fingerprint density at radius 1 is 1.29 bits per heavy atom. The summed E-state index contributed by atoms with van der Waals surface area (Å²) in [7, 11) is 0. The van der Waals surface area contributed by atoms with Crippen molar-refractivity contribution in [3.05, 3.63) is 53.5 Å². The van der Waals surface area contributed by atoms with E-state index in [-0.39, 0.29) is 18.0 Å².